The SMILES string of the molecule is COc1ccc(CCC(=O)N2CCCN(CC(=O)Nc3ccc(OC(F)(F)F)cc3)CC2)cc1. The van der Waals surface area contributed by atoms with Crippen molar-refractivity contribution >= 4 is 17.5 Å². The molecule has 184 valence electrons. The average Bonchev–Trinajstić information content (AvgIpc) is 3.03. The number of methoxy groups -OCH3 is 1. The second-order valence-corrected chi connectivity index (χ2v) is 7.98. The van der Waals surface area contributed by atoms with Gasteiger partial charge in [-0.2, -0.15) is 0 Å². The summed E-state index contributed by atoms with van der Waals surface area (Å²) in [4.78, 5) is 28.8. The average molecular weight is 479 g/mol. The van der Waals surface area contributed by atoms with Crippen molar-refractivity contribution in [1.29, 1.82) is 0 Å². The van der Waals surface area contributed by atoms with E-state index in [1.165, 1.54) is 12.1 Å². The van der Waals surface area contributed by atoms with Crippen LogP contribution in [0.4, 0.5) is 18.9 Å². The molecule has 0 saturated carbocycles. The van der Waals surface area contributed by atoms with Gasteiger partial charge in [-0.3, -0.25) is 14.5 Å². The van der Waals surface area contributed by atoms with Crippen molar-refractivity contribution in [2.45, 2.75) is 25.6 Å². The molecule has 7 nitrogen and oxygen atoms in total. The largest absolute Gasteiger partial charge is 0.573 e. The van der Waals surface area contributed by atoms with Gasteiger partial charge in [-0.05, 0) is 54.8 Å². The summed E-state index contributed by atoms with van der Waals surface area (Å²) in [7, 11) is 1.61. The van der Waals surface area contributed by atoms with Crippen LogP contribution >= 0.6 is 0 Å². The molecule has 1 aliphatic heterocycles. The number of amides is 2. The van der Waals surface area contributed by atoms with Crippen LogP contribution in [0.2, 0.25) is 0 Å². The van der Waals surface area contributed by atoms with Gasteiger partial charge >= 0.3 is 6.36 Å². The van der Waals surface area contributed by atoms with Gasteiger partial charge in [0.15, 0.2) is 0 Å². The fourth-order valence-electron chi connectivity index (χ4n) is 3.72. The van der Waals surface area contributed by atoms with E-state index in [0.717, 1.165) is 29.9 Å². The molecule has 1 aliphatic rings. The molecule has 1 saturated heterocycles. The maximum absolute atomic E-state index is 12.7. The van der Waals surface area contributed by atoms with Gasteiger partial charge in [-0.25, -0.2) is 0 Å². The molecule has 1 heterocycles. The zero-order valence-corrected chi connectivity index (χ0v) is 18.9. The van der Waals surface area contributed by atoms with E-state index in [1.807, 2.05) is 34.1 Å². The summed E-state index contributed by atoms with van der Waals surface area (Å²) < 4.78 is 45.7. The van der Waals surface area contributed by atoms with E-state index in [0.29, 0.717) is 44.7 Å². The first-order chi connectivity index (χ1) is 16.2. The fourth-order valence-corrected chi connectivity index (χ4v) is 3.72. The minimum atomic E-state index is -4.76. The zero-order chi connectivity index (χ0) is 24.6. The minimum absolute atomic E-state index is 0.0864. The number of hydrogen-bond donors (Lipinski definition) is 1. The zero-order valence-electron chi connectivity index (χ0n) is 18.9. The third-order valence-corrected chi connectivity index (χ3v) is 5.47. The second kappa shape index (κ2) is 11.7. The Hall–Kier alpha value is -3.27. The van der Waals surface area contributed by atoms with E-state index in [2.05, 4.69) is 10.1 Å². The summed E-state index contributed by atoms with van der Waals surface area (Å²) in [5.74, 6) is 0.237. The number of aryl methyl sites for hydroxylation is 1. The van der Waals surface area contributed by atoms with Gasteiger partial charge in [-0.1, -0.05) is 12.1 Å². The van der Waals surface area contributed by atoms with Crippen molar-refractivity contribution in [2.24, 2.45) is 0 Å². The van der Waals surface area contributed by atoms with E-state index in [4.69, 9.17) is 4.74 Å². The van der Waals surface area contributed by atoms with E-state index in [1.54, 1.807) is 7.11 Å². The number of halogens is 3. The van der Waals surface area contributed by atoms with Gasteiger partial charge in [0.2, 0.25) is 11.8 Å². The summed E-state index contributed by atoms with van der Waals surface area (Å²) in [6.07, 6.45) is -2.94. The highest BCUT2D eigenvalue weighted by atomic mass is 19.4. The lowest BCUT2D eigenvalue weighted by molar-refractivity contribution is -0.274. The highest BCUT2D eigenvalue weighted by molar-refractivity contribution is 5.92. The lowest BCUT2D eigenvalue weighted by Crippen LogP contribution is -2.38. The third-order valence-electron chi connectivity index (χ3n) is 5.47. The van der Waals surface area contributed by atoms with Crippen molar-refractivity contribution in [2.75, 3.05) is 45.2 Å². The number of alkyl halides is 3. The van der Waals surface area contributed by atoms with Crippen LogP contribution in [0.1, 0.15) is 18.4 Å². The maximum atomic E-state index is 12.7. The molecule has 3 rings (SSSR count). The maximum Gasteiger partial charge on any atom is 0.573 e. The molecule has 0 aromatic heterocycles. The van der Waals surface area contributed by atoms with Crippen LogP contribution in [-0.4, -0.2) is 67.8 Å². The predicted molar refractivity (Wildman–Crippen MR) is 121 cm³/mol. The van der Waals surface area contributed by atoms with Crippen LogP contribution in [0.5, 0.6) is 11.5 Å². The Morgan fingerprint density at radius 1 is 0.941 bits per heavy atom. The van der Waals surface area contributed by atoms with Crippen molar-refractivity contribution in [3.63, 3.8) is 0 Å². The number of rotatable bonds is 8. The fraction of sp³-hybridized carbons (Fsp3) is 0.417. The molecule has 0 radical (unpaired) electrons. The number of ether oxygens (including phenoxy) is 2. The Labute approximate surface area is 196 Å². The number of nitrogens with zero attached hydrogens (tertiary/aromatic N) is 2. The van der Waals surface area contributed by atoms with Crippen LogP contribution in [0.3, 0.4) is 0 Å². The van der Waals surface area contributed by atoms with Gasteiger partial charge in [0.25, 0.3) is 0 Å². The number of anilines is 1. The van der Waals surface area contributed by atoms with Crippen molar-refractivity contribution in [3.05, 3.63) is 54.1 Å². The molecule has 0 aliphatic carbocycles. The lowest BCUT2D eigenvalue weighted by atomic mass is 10.1. The Kier molecular flexibility index (Phi) is 8.75. The number of carbonyl (C=O) groups excluding carboxylic acids is 2. The molecule has 0 bridgehead atoms. The number of carbonyl (C=O) groups is 2. The van der Waals surface area contributed by atoms with Crippen LogP contribution in [-0.2, 0) is 16.0 Å². The first kappa shape index (κ1) is 25.4. The van der Waals surface area contributed by atoms with E-state index < -0.39 is 6.36 Å². The van der Waals surface area contributed by atoms with Crippen molar-refractivity contribution in [1.82, 2.24) is 9.80 Å². The van der Waals surface area contributed by atoms with Crippen molar-refractivity contribution < 1.29 is 32.2 Å². The molecule has 34 heavy (non-hydrogen) atoms. The first-order valence-corrected chi connectivity index (χ1v) is 11.0. The third kappa shape index (κ3) is 8.26. The molecule has 0 atom stereocenters. The summed E-state index contributed by atoms with van der Waals surface area (Å²) >= 11 is 0. The monoisotopic (exact) mass is 479 g/mol. The van der Waals surface area contributed by atoms with Gasteiger partial charge in [-0.15, -0.1) is 13.2 Å². The molecule has 0 spiro atoms. The quantitative estimate of drug-likeness (QED) is 0.625. The summed E-state index contributed by atoms with van der Waals surface area (Å²) in [6, 6.07) is 12.6. The van der Waals surface area contributed by atoms with Gasteiger partial charge in [0, 0.05) is 38.3 Å². The topological polar surface area (TPSA) is 71.1 Å². The summed E-state index contributed by atoms with van der Waals surface area (Å²) in [5, 5.41) is 2.67. The predicted octanol–water partition coefficient (Wildman–Crippen LogP) is 3.70. The summed E-state index contributed by atoms with van der Waals surface area (Å²) in [6.45, 7) is 2.56. The molecule has 1 N–H and O–H groups in total. The summed E-state index contributed by atoms with van der Waals surface area (Å²) in [5.41, 5.74) is 1.45. The molecule has 2 aromatic rings. The Balaban J connectivity index is 1.41. The van der Waals surface area contributed by atoms with Gasteiger partial charge < -0.3 is 19.7 Å². The molecule has 1 fully saturated rings. The highest BCUT2D eigenvalue weighted by Crippen LogP contribution is 2.24. The van der Waals surface area contributed by atoms with E-state index >= 15 is 0 Å². The van der Waals surface area contributed by atoms with E-state index in [-0.39, 0.29) is 24.1 Å². The smallest absolute Gasteiger partial charge is 0.497 e. The first-order valence-electron chi connectivity index (χ1n) is 11.0. The van der Waals surface area contributed by atoms with Crippen LogP contribution in [0, 0.1) is 0 Å². The van der Waals surface area contributed by atoms with Crippen molar-refractivity contribution in [3.8, 4) is 11.5 Å². The number of hydrogen-bond acceptors (Lipinski definition) is 5. The van der Waals surface area contributed by atoms with E-state index in [9.17, 15) is 22.8 Å². The molecular weight excluding hydrogens is 451 g/mol. The van der Waals surface area contributed by atoms with Crippen LogP contribution in [0.25, 0.3) is 0 Å². The molecule has 0 unspecified atom stereocenters. The molecule has 2 amide bonds. The minimum Gasteiger partial charge on any atom is -0.497 e. The molecule has 2 aromatic carbocycles. The second-order valence-electron chi connectivity index (χ2n) is 7.98. The lowest BCUT2D eigenvalue weighted by Gasteiger charge is -2.22. The Bertz CT molecular complexity index is 949. The van der Waals surface area contributed by atoms with Crippen LogP contribution < -0.4 is 14.8 Å². The highest BCUT2D eigenvalue weighted by Gasteiger charge is 2.31. The van der Waals surface area contributed by atoms with Gasteiger partial charge in [0.1, 0.15) is 11.5 Å². The normalized spacial score (nSPS) is 14.9. The molecule has 10 heteroatoms. The number of benzene rings is 2. The molecular formula is C24H28F3N3O4. The Morgan fingerprint density at radius 2 is 1.62 bits per heavy atom. The Morgan fingerprint density at radius 3 is 2.26 bits per heavy atom. The van der Waals surface area contributed by atoms with Gasteiger partial charge in [0.05, 0.1) is 13.7 Å². The standard InChI is InChI=1S/C24H28F3N3O4/c1-33-20-8-3-18(4-9-20)5-12-23(32)30-14-2-13-29(15-16-30)17-22(31)28-19-6-10-21(11-7-19)34-24(25,26)27/h3-4,6-11H,2,5,12-17H2,1H3,(H,28,31). The van der Waals surface area contributed by atoms with Crippen LogP contribution in [0.15, 0.2) is 48.5 Å². The number of nitrogens with one attached hydrogen (secondary N) is 1.